The Morgan fingerprint density at radius 3 is 2.54 bits per heavy atom. The van der Waals surface area contributed by atoms with Crippen molar-refractivity contribution >= 4 is 0 Å². The Morgan fingerprint density at radius 2 is 1.89 bits per heavy atom. The second-order valence-corrected chi connectivity index (χ2v) is 7.24. The lowest BCUT2D eigenvalue weighted by Crippen LogP contribution is -2.47. The molecule has 2 heterocycles. The molecule has 1 aliphatic heterocycles. The van der Waals surface area contributed by atoms with Crippen LogP contribution in [0.1, 0.15) is 29.7 Å². The molecule has 0 fully saturated rings. The van der Waals surface area contributed by atoms with Crippen molar-refractivity contribution in [3.05, 3.63) is 71.5 Å². The molecule has 2 N–H and O–H groups in total. The van der Waals surface area contributed by atoms with Gasteiger partial charge in [0.15, 0.2) is 0 Å². The molecule has 28 heavy (non-hydrogen) atoms. The molecule has 0 saturated carbocycles. The van der Waals surface area contributed by atoms with Gasteiger partial charge in [0.25, 0.3) is 0 Å². The summed E-state index contributed by atoms with van der Waals surface area (Å²) in [5.74, 6) is 0.0884. The summed E-state index contributed by atoms with van der Waals surface area (Å²) < 4.78 is 39.9. The van der Waals surface area contributed by atoms with Crippen LogP contribution in [-0.2, 0) is 6.42 Å². The van der Waals surface area contributed by atoms with E-state index in [1.807, 2.05) is 25.1 Å². The van der Waals surface area contributed by atoms with Gasteiger partial charge in [0.2, 0.25) is 0 Å². The molecule has 146 valence electrons. The summed E-state index contributed by atoms with van der Waals surface area (Å²) in [5, 5.41) is 16.3. The molecule has 3 aromatic rings. The lowest BCUT2D eigenvalue weighted by molar-refractivity contribution is -0.155. The van der Waals surface area contributed by atoms with Crippen molar-refractivity contribution in [1.82, 2.24) is 15.1 Å². The van der Waals surface area contributed by atoms with Crippen LogP contribution in [0.2, 0.25) is 0 Å². The summed E-state index contributed by atoms with van der Waals surface area (Å²) in [4.78, 5) is 1.49. The fourth-order valence-corrected chi connectivity index (χ4v) is 3.99. The minimum Gasteiger partial charge on any atom is -0.508 e. The third kappa shape index (κ3) is 3.62. The van der Waals surface area contributed by atoms with Crippen molar-refractivity contribution in [3.63, 3.8) is 0 Å². The molecule has 1 aromatic heterocycles. The molecule has 0 bridgehead atoms. The minimum atomic E-state index is -4.29. The summed E-state index contributed by atoms with van der Waals surface area (Å²) in [7, 11) is 0. The maximum atomic E-state index is 13.3. The number of nitrogens with one attached hydrogen (secondary N) is 1. The molecule has 0 radical (unpaired) electrons. The number of aromatic amines is 1. The number of H-pyrrole nitrogens is 1. The Kier molecular flexibility index (Phi) is 4.63. The Bertz CT molecular complexity index is 952. The number of benzene rings is 2. The number of phenolic OH excluding ortho intramolecular Hbond substituents is 1. The number of phenols is 1. The Balaban J connectivity index is 1.81. The molecule has 7 heteroatoms. The third-order valence-corrected chi connectivity index (χ3v) is 5.25. The van der Waals surface area contributed by atoms with E-state index in [1.54, 1.807) is 24.5 Å². The minimum absolute atomic E-state index is 0.0884. The smallest absolute Gasteiger partial charge is 0.401 e. The number of aromatic hydroxyl groups is 1. The van der Waals surface area contributed by atoms with Crippen molar-refractivity contribution in [2.75, 3.05) is 6.54 Å². The highest BCUT2D eigenvalue weighted by Crippen LogP contribution is 2.41. The summed E-state index contributed by atoms with van der Waals surface area (Å²) >= 11 is 0. The maximum Gasteiger partial charge on any atom is 0.401 e. The van der Waals surface area contributed by atoms with Gasteiger partial charge in [-0.3, -0.25) is 10.00 Å². The van der Waals surface area contributed by atoms with Crippen LogP contribution in [0.15, 0.2) is 54.9 Å². The molecule has 2 aromatic carbocycles. The standard InChI is InChI=1S/C21H20F3N3O/c1-13-8-16-9-15(17-10-25-26-11-17)4-7-19(16)20(27(13)12-21(22,23)24)14-2-5-18(28)6-3-14/h2-7,9-11,13,20,28H,8,12H2,1H3,(H,25,26)/t13-,20-/m1/s1. The fraction of sp³-hybridized carbons (Fsp3) is 0.286. The van der Waals surface area contributed by atoms with Crippen LogP contribution < -0.4 is 0 Å². The fourth-order valence-electron chi connectivity index (χ4n) is 3.99. The van der Waals surface area contributed by atoms with Crippen molar-refractivity contribution < 1.29 is 18.3 Å². The molecule has 2 atom stereocenters. The van der Waals surface area contributed by atoms with Crippen LogP contribution in [0.5, 0.6) is 5.75 Å². The van der Waals surface area contributed by atoms with Gasteiger partial charge in [0, 0.05) is 17.8 Å². The number of alkyl halides is 3. The summed E-state index contributed by atoms with van der Waals surface area (Å²) in [6, 6.07) is 11.5. The molecule has 1 aliphatic rings. The van der Waals surface area contributed by atoms with Crippen molar-refractivity contribution in [3.8, 4) is 16.9 Å². The van der Waals surface area contributed by atoms with E-state index in [2.05, 4.69) is 10.2 Å². The number of halogens is 3. The number of fused-ring (bicyclic) bond motifs is 1. The Hall–Kier alpha value is -2.80. The number of hydrogen-bond acceptors (Lipinski definition) is 3. The second-order valence-electron chi connectivity index (χ2n) is 7.24. The van der Waals surface area contributed by atoms with Crippen LogP contribution in [0, 0.1) is 0 Å². The van der Waals surface area contributed by atoms with Crippen molar-refractivity contribution in [2.45, 2.75) is 31.6 Å². The van der Waals surface area contributed by atoms with Gasteiger partial charge < -0.3 is 5.11 Å². The second kappa shape index (κ2) is 6.98. The van der Waals surface area contributed by atoms with Crippen molar-refractivity contribution in [1.29, 1.82) is 0 Å². The molecule has 0 unspecified atom stereocenters. The van der Waals surface area contributed by atoms with Gasteiger partial charge in [0.05, 0.1) is 18.8 Å². The number of hydrogen-bond donors (Lipinski definition) is 2. The van der Waals surface area contributed by atoms with Gasteiger partial charge >= 0.3 is 6.18 Å². The number of aromatic nitrogens is 2. The molecular formula is C21H20F3N3O. The van der Waals surface area contributed by atoms with Gasteiger partial charge in [0.1, 0.15) is 5.75 Å². The molecule has 4 rings (SSSR count). The molecule has 0 amide bonds. The first-order valence-corrected chi connectivity index (χ1v) is 9.05. The molecule has 0 aliphatic carbocycles. The summed E-state index contributed by atoms with van der Waals surface area (Å²) in [6.45, 7) is 0.843. The van der Waals surface area contributed by atoms with Crippen molar-refractivity contribution in [2.24, 2.45) is 0 Å². The topological polar surface area (TPSA) is 52.1 Å². The predicted molar refractivity (Wildman–Crippen MR) is 99.9 cm³/mol. The van der Waals surface area contributed by atoms with E-state index in [-0.39, 0.29) is 11.8 Å². The quantitative estimate of drug-likeness (QED) is 0.686. The highest BCUT2D eigenvalue weighted by molar-refractivity contribution is 5.64. The van der Waals surface area contributed by atoms with E-state index in [9.17, 15) is 18.3 Å². The first-order chi connectivity index (χ1) is 13.3. The Morgan fingerprint density at radius 1 is 1.14 bits per heavy atom. The first kappa shape index (κ1) is 18.6. The molecule has 0 saturated heterocycles. The van der Waals surface area contributed by atoms with E-state index in [0.29, 0.717) is 6.42 Å². The van der Waals surface area contributed by atoms with Crippen LogP contribution >= 0.6 is 0 Å². The summed E-state index contributed by atoms with van der Waals surface area (Å²) in [5.41, 5.74) is 4.54. The predicted octanol–water partition coefficient (Wildman–Crippen LogP) is 4.68. The molecule has 4 nitrogen and oxygen atoms in total. The van der Waals surface area contributed by atoms with Gasteiger partial charge in [-0.25, -0.2) is 0 Å². The number of rotatable bonds is 3. The van der Waals surface area contributed by atoms with E-state index < -0.39 is 18.8 Å². The summed E-state index contributed by atoms with van der Waals surface area (Å²) in [6.07, 6.45) is -0.244. The highest BCUT2D eigenvalue weighted by Gasteiger charge is 2.40. The largest absolute Gasteiger partial charge is 0.508 e. The lowest BCUT2D eigenvalue weighted by Gasteiger charge is -2.42. The maximum absolute atomic E-state index is 13.3. The third-order valence-electron chi connectivity index (χ3n) is 5.25. The molecule has 0 spiro atoms. The van der Waals surface area contributed by atoms with Gasteiger partial charge in [-0.05, 0) is 47.7 Å². The van der Waals surface area contributed by atoms with E-state index >= 15 is 0 Å². The normalized spacial score (nSPS) is 20.1. The average Bonchev–Trinajstić information content (AvgIpc) is 3.17. The van der Waals surface area contributed by atoms with Crippen LogP contribution in [0.3, 0.4) is 0 Å². The Labute approximate surface area is 160 Å². The zero-order chi connectivity index (χ0) is 19.9. The zero-order valence-electron chi connectivity index (χ0n) is 15.2. The number of nitrogens with zero attached hydrogens (tertiary/aromatic N) is 2. The van der Waals surface area contributed by atoms with E-state index in [1.165, 1.54) is 17.0 Å². The SMILES string of the molecule is C[C@@H]1Cc2cc(-c3cn[nH]c3)ccc2[C@@H](c2ccc(O)cc2)N1CC(F)(F)F. The van der Waals surface area contributed by atoms with Gasteiger partial charge in [-0.1, -0.05) is 30.3 Å². The lowest BCUT2D eigenvalue weighted by atomic mass is 9.83. The monoisotopic (exact) mass is 387 g/mol. The van der Waals surface area contributed by atoms with Gasteiger partial charge in [-0.15, -0.1) is 0 Å². The average molecular weight is 387 g/mol. The van der Waals surface area contributed by atoms with Crippen LogP contribution in [-0.4, -0.2) is 39.0 Å². The van der Waals surface area contributed by atoms with E-state index in [4.69, 9.17) is 0 Å². The van der Waals surface area contributed by atoms with Gasteiger partial charge in [-0.2, -0.15) is 18.3 Å². The molecular weight excluding hydrogens is 367 g/mol. The highest BCUT2D eigenvalue weighted by atomic mass is 19.4. The first-order valence-electron chi connectivity index (χ1n) is 9.05. The van der Waals surface area contributed by atoms with Crippen LogP contribution in [0.25, 0.3) is 11.1 Å². The zero-order valence-corrected chi connectivity index (χ0v) is 15.2. The van der Waals surface area contributed by atoms with Crippen LogP contribution in [0.4, 0.5) is 13.2 Å². The van der Waals surface area contributed by atoms with E-state index in [0.717, 1.165) is 27.8 Å².